The fourth-order valence-corrected chi connectivity index (χ4v) is 5.04. The second-order valence-corrected chi connectivity index (χ2v) is 8.01. The molecule has 0 aromatic carbocycles. The summed E-state index contributed by atoms with van der Waals surface area (Å²) in [6.07, 6.45) is 2.39. The van der Waals surface area contributed by atoms with E-state index in [1.165, 1.54) is 9.18 Å². The van der Waals surface area contributed by atoms with E-state index in [4.69, 9.17) is 0 Å². The Morgan fingerprint density at radius 1 is 1.43 bits per heavy atom. The third-order valence-corrected chi connectivity index (χ3v) is 6.71. The van der Waals surface area contributed by atoms with Gasteiger partial charge in [-0.1, -0.05) is 0 Å². The van der Waals surface area contributed by atoms with E-state index >= 15 is 0 Å². The fraction of sp³-hybridized carbons (Fsp3) is 0.429. The van der Waals surface area contributed by atoms with Crippen LogP contribution in [0.4, 0.5) is 0 Å². The Hall–Kier alpha value is -1.15. The minimum absolute atomic E-state index is 0.155. The molecule has 7 heteroatoms. The lowest BCUT2D eigenvalue weighted by Gasteiger charge is -2.25. The van der Waals surface area contributed by atoms with Gasteiger partial charge in [-0.2, -0.15) is 4.31 Å². The zero-order valence-corrected chi connectivity index (χ0v) is 13.5. The quantitative estimate of drug-likeness (QED) is 0.932. The van der Waals surface area contributed by atoms with Crippen LogP contribution in [0.25, 0.3) is 0 Å². The van der Waals surface area contributed by atoms with Crippen molar-refractivity contribution in [2.75, 3.05) is 6.54 Å². The predicted octanol–water partition coefficient (Wildman–Crippen LogP) is 1.81. The van der Waals surface area contributed by atoms with Crippen molar-refractivity contribution in [1.82, 2.24) is 8.87 Å². The molecule has 0 saturated carbocycles. The third kappa shape index (κ3) is 2.55. The summed E-state index contributed by atoms with van der Waals surface area (Å²) in [6.45, 7) is 3.36. The van der Waals surface area contributed by atoms with Crippen molar-refractivity contribution in [3.8, 4) is 0 Å². The van der Waals surface area contributed by atoms with Crippen molar-refractivity contribution in [2.45, 2.75) is 37.9 Å². The highest BCUT2D eigenvalue weighted by molar-refractivity contribution is 7.89. The van der Waals surface area contributed by atoms with E-state index in [1.54, 1.807) is 28.2 Å². The smallest absolute Gasteiger partial charge is 0.244 e. The maximum absolute atomic E-state index is 12.8. The van der Waals surface area contributed by atoms with E-state index in [1.807, 2.05) is 18.4 Å². The highest BCUT2D eigenvalue weighted by atomic mass is 32.2. The second-order valence-electron chi connectivity index (χ2n) is 5.07. The number of aromatic nitrogens is 1. The van der Waals surface area contributed by atoms with Gasteiger partial charge in [0.05, 0.1) is 6.61 Å². The highest BCUT2D eigenvalue weighted by Crippen LogP contribution is 2.28. The van der Waals surface area contributed by atoms with E-state index in [-0.39, 0.29) is 11.5 Å². The largest absolute Gasteiger partial charge is 0.390 e. The molecule has 0 atom stereocenters. The second kappa shape index (κ2) is 5.57. The van der Waals surface area contributed by atoms with Gasteiger partial charge in [0.15, 0.2) is 0 Å². The van der Waals surface area contributed by atoms with Crippen molar-refractivity contribution in [3.63, 3.8) is 0 Å². The lowest BCUT2D eigenvalue weighted by atomic mass is 10.1. The average molecular weight is 326 g/mol. The summed E-state index contributed by atoms with van der Waals surface area (Å²) in [7, 11) is -3.50. The molecule has 0 saturated heterocycles. The maximum Gasteiger partial charge on any atom is 0.244 e. The third-order valence-electron chi connectivity index (χ3n) is 3.87. The highest BCUT2D eigenvalue weighted by Gasteiger charge is 2.30. The van der Waals surface area contributed by atoms with Crippen LogP contribution in [0, 0.1) is 0 Å². The number of fused-ring (bicyclic) bond motifs is 1. The molecule has 1 aliphatic rings. The van der Waals surface area contributed by atoms with Crippen LogP contribution in [0.1, 0.15) is 23.1 Å². The monoisotopic (exact) mass is 326 g/mol. The molecule has 1 aliphatic heterocycles. The molecule has 0 unspecified atom stereocenters. The summed E-state index contributed by atoms with van der Waals surface area (Å²) in [5.74, 6) is 0. The minimum Gasteiger partial charge on any atom is -0.390 e. The number of hydrogen-bond donors (Lipinski definition) is 1. The Bertz CT molecular complexity index is 725. The topological polar surface area (TPSA) is 62.5 Å². The fourth-order valence-electron chi connectivity index (χ4n) is 2.67. The van der Waals surface area contributed by atoms with Crippen molar-refractivity contribution in [1.29, 1.82) is 0 Å². The summed E-state index contributed by atoms with van der Waals surface area (Å²) in [6, 6.07) is 3.57. The van der Waals surface area contributed by atoms with Gasteiger partial charge in [-0.3, -0.25) is 0 Å². The van der Waals surface area contributed by atoms with Crippen LogP contribution < -0.4 is 0 Å². The molecule has 0 spiro atoms. The first-order valence-electron chi connectivity index (χ1n) is 6.91. The molecule has 3 heterocycles. The zero-order chi connectivity index (χ0) is 15.0. The number of aryl methyl sites for hydroxylation is 1. The summed E-state index contributed by atoms with van der Waals surface area (Å²) in [4.78, 5) is 1.55. The first-order chi connectivity index (χ1) is 10.1. The molecule has 2 aromatic heterocycles. The van der Waals surface area contributed by atoms with Crippen LogP contribution in [0.5, 0.6) is 0 Å². The molecule has 21 heavy (non-hydrogen) atoms. The number of nitrogens with zero attached hydrogens (tertiary/aromatic N) is 2. The van der Waals surface area contributed by atoms with E-state index in [0.717, 1.165) is 12.0 Å². The normalized spacial score (nSPS) is 16.1. The van der Waals surface area contributed by atoms with Gasteiger partial charge >= 0.3 is 0 Å². The van der Waals surface area contributed by atoms with Crippen molar-refractivity contribution in [3.05, 3.63) is 39.8 Å². The van der Waals surface area contributed by atoms with Gasteiger partial charge in [-0.15, -0.1) is 11.3 Å². The van der Waals surface area contributed by atoms with Gasteiger partial charge in [0.2, 0.25) is 10.0 Å². The molecule has 2 aromatic rings. The summed E-state index contributed by atoms with van der Waals surface area (Å²) < 4.78 is 28.8. The molecule has 5 nitrogen and oxygen atoms in total. The number of rotatable bonds is 4. The van der Waals surface area contributed by atoms with Crippen LogP contribution >= 0.6 is 11.3 Å². The molecule has 0 bridgehead atoms. The predicted molar refractivity (Wildman–Crippen MR) is 81.6 cm³/mol. The van der Waals surface area contributed by atoms with E-state index in [9.17, 15) is 13.5 Å². The minimum atomic E-state index is -3.50. The number of thiophene rings is 1. The SMILES string of the molecule is CCn1cc(S(=O)(=O)N2CCc3sccc3C2)cc1CO. The van der Waals surface area contributed by atoms with Crippen LogP contribution in [0.15, 0.2) is 28.6 Å². The zero-order valence-electron chi connectivity index (χ0n) is 11.8. The van der Waals surface area contributed by atoms with Gasteiger partial charge in [0.1, 0.15) is 4.90 Å². The standard InChI is InChI=1S/C14H18N2O3S2/c1-2-15-9-13(7-12(15)10-17)21(18,19)16-5-3-14-11(8-16)4-6-20-14/h4,6-7,9,17H,2-3,5,8,10H2,1H3. The Morgan fingerprint density at radius 2 is 2.24 bits per heavy atom. The molecule has 0 aliphatic carbocycles. The van der Waals surface area contributed by atoms with E-state index < -0.39 is 10.0 Å². The molecule has 114 valence electrons. The maximum atomic E-state index is 12.8. The number of aliphatic hydroxyl groups is 1. The van der Waals surface area contributed by atoms with Crippen LogP contribution in [0.3, 0.4) is 0 Å². The van der Waals surface area contributed by atoms with Gasteiger partial charge < -0.3 is 9.67 Å². The number of hydrogen-bond acceptors (Lipinski definition) is 4. The molecular weight excluding hydrogens is 308 g/mol. The van der Waals surface area contributed by atoms with Gasteiger partial charge in [-0.05, 0) is 36.4 Å². The first kappa shape index (κ1) is 14.8. The summed E-state index contributed by atoms with van der Waals surface area (Å²) >= 11 is 1.69. The lowest BCUT2D eigenvalue weighted by molar-refractivity contribution is 0.271. The van der Waals surface area contributed by atoms with Crippen molar-refractivity contribution < 1.29 is 13.5 Å². The summed E-state index contributed by atoms with van der Waals surface area (Å²) in [5, 5.41) is 11.3. The Labute approximate surface area is 128 Å². The van der Waals surface area contributed by atoms with Crippen LogP contribution in [-0.2, 0) is 36.1 Å². The first-order valence-corrected chi connectivity index (χ1v) is 9.23. The molecule has 0 fully saturated rings. The number of aliphatic hydroxyl groups excluding tert-OH is 1. The molecule has 0 radical (unpaired) electrons. The van der Waals surface area contributed by atoms with Gasteiger partial charge in [0, 0.05) is 36.4 Å². The molecule has 0 amide bonds. The lowest BCUT2D eigenvalue weighted by Crippen LogP contribution is -2.35. The van der Waals surface area contributed by atoms with Gasteiger partial charge in [-0.25, -0.2) is 8.42 Å². The van der Waals surface area contributed by atoms with E-state index in [2.05, 4.69) is 0 Å². The van der Waals surface area contributed by atoms with Crippen molar-refractivity contribution in [2.24, 2.45) is 0 Å². The molecule has 1 N–H and O–H groups in total. The molecular formula is C14H18N2O3S2. The Kier molecular flexibility index (Phi) is 3.92. The average Bonchev–Trinajstić information content (AvgIpc) is 3.12. The van der Waals surface area contributed by atoms with E-state index in [0.29, 0.717) is 25.3 Å². The van der Waals surface area contributed by atoms with Gasteiger partial charge in [0.25, 0.3) is 0 Å². The van der Waals surface area contributed by atoms with Crippen LogP contribution in [0.2, 0.25) is 0 Å². The Morgan fingerprint density at radius 3 is 2.90 bits per heavy atom. The number of sulfonamides is 1. The van der Waals surface area contributed by atoms with Crippen molar-refractivity contribution >= 4 is 21.4 Å². The molecule has 3 rings (SSSR count). The summed E-state index contributed by atoms with van der Waals surface area (Å²) in [5.41, 5.74) is 1.73. The van der Waals surface area contributed by atoms with Crippen LogP contribution in [-0.4, -0.2) is 28.9 Å². The Balaban J connectivity index is 1.92.